The molecule has 0 aliphatic carbocycles. The fourth-order valence-electron chi connectivity index (χ4n) is 1.12. The number of hydrogen-bond acceptors (Lipinski definition) is 3. The lowest BCUT2D eigenvalue weighted by Gasteiger charge is -2.10. The van der Waals surface area contributed by atoms with Crippen molar-refractivity contribution in [1.82, 2.24) is 0 Å². The number of aliphatic hydroxyl groups excluding tert-OH is 1. The van der Waals surface area contributed by atoms with Crippen LogP contribution in [0.4, 0.5) is 0 Å². The normalized spacial score (nSPS) is 9.86. The summed E-state index contributed by atoms with van der Waals surface area (Å²) in [4.78, 5) is 0.307. The van der Waals surface area contributed by atoms with Crippen LogP contribution >= 0.6 is 12.2 Å². The number of benzene rings is 1. The Balaban J connectivity index is 2.96. The van der Waals surface area contributed by atoms with Crippen LogP contribution in [0.15, 0.2) is 18.2 Å². The lowest BCUT2D eigenvalue weighted by Crippen LogP contribution is -2.13. The Bertz CT molecular complexity index is 339. The first-order chi connectivity index (χ1) is 6.65. The van der Waals surface area contributed by atoms with Crippen LogP contribution in [0.2, 0.25) is 0 Å². The highest BCUT2D eigenvalue weighted by Crippen LogP contribution is 2.19. The molecule has 0 heterocycles. The summed E-state index contributed by atoms with van der Waals surface area (Å²) in [6, 6.07) is 5.59. The molecule has 14 heavy (non-hydrogen) atoms. The third-order valence-electron chi connectivity index (χ3n) is 1.75. The first kappa shape index (κ1) is 10.9. The van der Waals surface area contributed by atoms with Crippen molar-refractivity contribution in [2.24, 2.45) is 5.73 Å². The molecule has 3 N–H and O–H groups in total. The Labute approximate surface area is 88.5 Å². The minimum Gasteiger partial charge on any atom is -0.490 e. The lowest BCUT2D eigenvalue weighted by molar-refractivity contribution is 0.201. The number of ether oxygens (including phenoxy) is 1. The van der Waals surface area contributed by atoms with Gasteiger partial charge in [-0.05, 0) is 19.1 Å². The highest BCUT2D eigenvalue weighted by molar-refractivity contribution is 7.80. The molecule has 0 atom stereocenters. The summed E-state index contributed by atoms with van der Waals surface area (Å²) in [6.45, 7) is 2.18. The molecule has 0 saturated heterocycles. The van der Waals surface area contributed by atoms with E-state index >= 15 is 0 Å². The van der Waals surface area contributed by atoms with E-state index in [0.29, 0.717) is 16.3 Å². The summed E-state index contributed by atoms with van der Waals surface area (Å²) in [5.41, 5.74) is 7.33. The molecule has 0 aliphatic heterocycles. The Morgan fingerprint density at radius 1 is 1.57 bits per heavy atom. The summed E-state index contributed by atoms with van der Waals surface area (Å²) in [7, 11) is 0. The van der Waals surface area contributed by atoms with Crippen LogP contribution in [-0.4, -0.2) is 23.3 Å². The molecule has 0 aliphatic rings. The van der Waals surface area contributed by atoms with E-state index in [1.165, 1.54) is 0 Å². The molecule has 0 radical (unpaired) electrons. The van der Waals surface area contributed by atoms with E-state index in [2.05, 4.69) is 0 Å². The van der Waals surface area contributed by atoms with Crippen molar-refractivity contribution in [2.75, 3.05) is 13.2 Å². The molecule has 0 aromatic heterocycles. The lowest BCUT2D eigenvalue weighted by atomic mass is 10.1. The van der Waals surface area contributed by atoms with Crippen LogP contribution in [0.3, 0.4) is 0 Å². The van der Waals surface area contributed by atoms with Gasteiger partial charge in [0.25, 0.3) is 0 Å². The molecule has 4 heteroatoms. The van der Waals surface area contributed by atoms with Crippen molar-refractivity contribution in [2.45, 2.75) is 6.92 Å². The Kier molecular flexibility index (Phi) is 3.85. The van der Waals surface area contributed by atoms with Crippen molar-refractivity contribution < 1.29 is 9.84 Å². The topological polar surface area (TPSA) is 55.5 Å². The highest BCUT2D eigenvalue weighted by Gasteiger charge is 2.06. The fourth-order valence-corrected chi connectivity index (χ4v) is 1.28. The van der Waals surface area contributed by atoms with Crippen LogP contribution in [0.1, 0.15) is 11.1 Å². The van der Waals surface area contributed by atoms with Gasteiger partial charge in [0, 0.05) is 0 Å². The van der Waals surface area contributed by atoms with E-state index in [-0.39, 0.29) is 13.2 Å². The quantitative estimate of drug-likeness (QED) is 0.730. The van der Waals surface area contributed by atoms with Gasteiger partial charge >= 0.3 is 0 Å². The van der Waals surface area contributed by atoms with Crippen LogP contribution in [0.5, 0.6) is 5.75 Å². The van der Waals surface area contributed by atoms with Gasteiger partial charge in [-0.3, -0.25) is 0 Å². The molecule has 3 nitrogen and oxygen atoms in total. The molecule has 0 spiro atoms. The number of aliphatic hydroxyl groups is 1. The molecule has 1 aromatic carbocycles. The first-order valence-corrected chi connectivity index (χ1v) is 4.70. The molecular weight excluding hydrogens is 198 g/mol. The number of nitrogens with two attached hydrogens (primary N) is 1. The van der Waals surface area contributed by atoms with Crippen molar-refractivity contribution in [1.29, 1.82) is 0 Å². The Hall–Kier alpha value is -1.13. The minimum absolute atomic E-state index is 0.0232. The molecular formula is C10H13NO2S. The zero-order valence-corrected chi connectivity index (χ0v) is 8.80. The van der Waals surface area contributed by atoms with Gasteiger partial charge in [-0.1, -0.05) is 23.8 Å². The van der Waals surface area contributed by atoms with Crippen LogP contribution in [0.25, 0.3) is 0 Å². The summed E-state index contributed by atoms with van der Waals surface area (Å²) in [5, 5.41) is 8.62. The van der Waals surface area contributed by atoms with Crippen molar-refractivity contribution in [3.63, 3.8) is 0 Å². The van der Waals surface area contributed by atoms with Gasteiger partial charge in [0.2, 0.25) is 0 Å². The van der Waals surface area contributed by atoms with Crippen molar-refractivity contribution in [3.05, 3.63) is 29.3 Å². The van der Waals surface area contributed by atoms with Gasteiger partial charge in [0.05, 0.1) is 12.2 Å². The number of aryl methyl sites for hydroxylation is 1. The molecule has 0 saturated carbocycles. The minimum atomic E-state index is -0.0232. The zero-order chi connectivity index (χ0) is 10.6. The maximum Gasteiger partial charge on any atom is 0.129 e. The van der Waals surface area contributed by atoms with E-state index < -0.39 is 0 Å². The second kappa shape index (κ2) is 4.93. The van der Waals surface area contributed by atoms with Crippen LogP contribution in [0, 0.1) is 6.92 Å². The number of hydrogen-bond donors (Lipinski definition) is 2. The van der Waals surface area contributed by atoms with Gasteiger partial charge in [0.1, 0.15) is 17.3 Å². The number of thiocarbonyl (C=S) groups is 1. The maximum absolute atomic E-state index is 8.62. The molecule has 1 aromatic rings. The first-order valence-electron chi connectivity index (χ1n) is 4.29. The molecule has 0 unspecified atom stereocenters. The summed E-state index contributed by atoms with van der Waals surface area (Å²) in [6.07, 6.45) is 0. The molecule has 76 valence electrons. The summed E-state index contributed by atoms with van der Waals surface area (Å²) in [5.74, 6) is 0.622. The van der Waals surface area contributed by atoms with Gasteiger partial charge < -0.3 is 15.6 Å². The molecule has 0 fully saturated rings. The van der Waals surface area contributed by atoms with Gasteiger partial charge in [-0.2, -0.15) is 0 Å². The summed E-state index contributed by atoms with van der Waals surface area (Å²) < 4.78 is 5.29. The van der Waals surface area contributed by atoms with Crippen molar-refractivity contribution >= 4 is 17.2 Å². The monoisotopic (exact) mass is 211 g/mol. The third-order valence-corrected chi connectivity index (χ3v) is 1.97. The number of rotatable bonds is 4. The van der Waals surface area contributed by atoms with Gasteiger partial charge in [0.15, 0.2) is 0 Å². The smallest absolute Gasteiger partial charge is 0.129 e. The van der Waals surface area contributed by atoms with E-state index in [1.807, 2.05) is 19.1 Å². The zero-order valence-electron chi connectivity index (χ0n) is 7.99. The van der Waals surface area contributed by atoms with Crippen LogP contribution < -0.4 is 10.5 Å². The second-order valence-corrected chi connectivity index (χ2v) is 3.38. The van der Waals surface area contributed by atoms with Gasteiger partial charge in [-0.15, -0.1) is 0 Å². The second-order valence-electron chi connectivity index (χ2n) is 2.94. The molecule has 0 bridgehead atoms. The van der Waals surface area contributed by atoms with Gasteiger partial charge in [-0.25, -0.2) is 0 Å². The summed E-state index contributed by atoms with van der Waals surface area (Å²) >= 11 is 4.89. The maximum atomic E-state index is 8.62. The average molecular weight is 211 g/mol. The standard InChI is InChI=1S/C10H13NO2S/c1-7-2-3-9(13-5-4-12)8(6-7)10(11)14/h2-3,6,12H,4-5H2,1H3,(H2,11,14). The van der Waals surface area contributed by atoms with Crippen LogP contribution in [-0.2, 0) is 0 Å². The molecule has 0 amide bonds. The Morgan fingerprint density at radius 3 is 2.86 bits per heavy atom. The van der Waals surface area contributed by atoms with Crippen molar-refractivity contribution in [3.8, 4) is 5.75 Å². The Morgan fingerprint density at radius 2 is 2.29 bits per heavy atom. The predicted octanol–water partition coefficient (Wildman–Crippen LogP) is 1.00. The fraction of sp³-hybridized carbons (Fsp3) is 0.300. The SMILES string of the molecule is Cc1ccc(OCCO)c(C(N)=S)c1. The van der Waals surface area contributed by atoms with E-state index in [1.54, 1.807) is 6.07 Å². The van der Waals surface area contributed by atoms with E-state index in [9.17, 15) is 0 Å². The highest BCUT2D eigenvalue weighted by atomic mass is 32.1. The van der Waals surface area contributed by atoms with E-state index in [0.717, 1.165) is 5.56 Å². The predicted molar refractivity (Wildman–Crippen MR) is 59.6 cm³/mol. The molecule has 1 rings (SSSR count). The average Bonchev–Trinajstić information content (AvgIpc) is 2.15. The van der Waals surface area contributed by atoms with E-state index in [4.69, 9.17) is 27.8 Å². The third kappa shape index (κ3) is 2.68. The largest absolute Gasteiger partial charge is 0.490 e.